The zero-order valence-corrected chi connectivity index (χ0v) is 18.3. The van der Waals surface area contributed by atoms with Crippen LogP contribution in [-0.4, -0.2) is 33.7 Å². The largest absolute Gasteiger partial charge is 0.354 e. The summed E-state index contributed by atoms with van der Waals surface area (Å²) in [6.07, 6.45) is 5.19. The van der Waals surface area contributed by atoms with Crippen molar-refractivity contribution in [2.24, 2.45) is 5.92 Å². The molecule has 0 aromatic heterocycles. The Kier molecular flexibility index (Phi) is 9.51. The Hall–Kier alpha value is -0.690. The van der Waals surface area contributed by atoms with Crippen molar-refractivity contribution in [3.05, 3.63) is 27.2 Å². The second kappa shape index (κ2) is 10.6. The van der Waals surface area contributed by atoms with Gasteiger partial charge in [0.25, 0.3) is 0 Å². The first kappa shape index (κ1) is 23.3. The Morgan fingerprint density at radius 3 is 2.31 bits per heavy atom. The van der Waals surface area contributed by atoms with Gasteiger partial charge in [-0.2, -0.15) is 0 Å². The number of benzene rings is 1. The molecule has 1 aromatic rings. The number of hydrogen-bond acceptors (Lipinski definition) is 3. The topological polar surface area (TPSA) is 66.5 Å². The number of anilines is 1. The highest BCUT2D eigenvalue weighted by Crippen LogP contribution is 2.35. The molecule has 0 saturated heterocycles. The highest BCUT2D eigenvalue weighted by atomic mass is 35.5. The molecular weight excluding hydrogens is 419 g/mol. The third kappa shape index (κ3) is 7.14. The number of unbranched alkanes of at least 4 members (excludes halogenated alkanes) is 1. The molecule has 0 aliphatic carbocycles. The van der Waals surface area contributed by atoms with Crippen LogP contribution in [0.4, 0.5) is 5.69 Å². The fourth-order valence-electron chi connectivity index (χ4n) is 2.47. The molecule has 0 bridgehead atoms. The number of carbonyl (C=O) groups excluding carboxylic acids is 1. The van der Waals surface area contributed by atoms with Gasteiger partial charge in [0.05, 0.1) is 27.0 Å². The summed E-state index contributed by atoms with van der Waals surface area (Å²) in [5.41, 5.74) is 0.122. The highest BCUT2D eigenvalue weighted by Gasteiger charge is 2.24. The molecule has 0 aliphatic rings. The van der Waals surface area contributed by atoms with Gasteiger partial charge in [0.2, 0.25) is 15.9 Å². The van der Waals surface area contributed by atoms with E-state index in [2.05, 4.69) is 19.2 Å². The summed E-state index contributed by atoms with van der Waals surface area (Å²) < 4.78 is 25.3. The van der Waals surface area contributed by atoms with Crippen molar-refractivity contribution >= 4 is 56.4 Å². The number of carbonyl (C=O) groups is 1. The van der Waals surface area contributed by atoms with Crippen LogP contribution in [0.2, 0.25) is 15.1 Å². The summed E-state index contributed by atoms with van der Waals surface area (Å²) in [4.78, 5) is 12.3. The average molecular weight is 444 g/mol. The summed E-state index contributed by atoms with van der Waals surface area (Å²) in [6.45, 7) is 4.34. The highest BCUT2D eigenvalue weighted by molar-refractivity contribution is 7.92. The lowest BCUT2D eigenvalue weighted by Gasteiger charge is -2.24. The van der Waals surface area contributed by atoms with Crippen LogP contribution >= 0.6 is 34.8 Å². The first-order chi connectivity index (χ1) is 12.1. The Bertz CT molecular complexity index is 726. The number of nitrogens with one attached hydrogen (secondary N) is 1. The monoisotopic (exact) mass is 442 g/mol. The minimum atomic E-state index is -3.74. The van der Waals surface area contributed by atoms with E-state index in [0.29, 0.717) is 12.5 Å². The SMILES string of the molecule is CCCC[C@@H](CC)CNC(=O)CN(c1cc(Cl)c(Cl)cc1Cl)S(C)(=O)=O. The van der Waals surface area contributed by atoms with E-state index in [1.807, 2.05) is 0 Å². The number of halogens is 3. The molecule has 0 radical (unpaired) electrons. The fourth-order valence-corrected chi connectivity index (χ4v) is 4.03. The number of sulfonamides is 1. The van der Waals surface area contributed by atoms with Gasteiger partial charge in [0.15, 0.2) is 0 Å². The van der Waals surface area contributed by atoms with E-state index in [0.717, 1.165) is 36.2 Å². The van der Waals surface area contributed by atoms with E-state index in [4.69, 9.17) is 34.8 Å². The normalized spacial score (nSPS) is 12.7. The maximum absolute atomic E-state index is 12.3. The zero-order chi connectivity index (χ0) is 19.9. The van der Waals surface area contributed by atoms with Crippen molar-refractivity contribution in [2.45, 2.75) is 39.5 Å². The molecule has 1 atom stereocenters. The van der Waals surface area contributed by atoms with Gasteiger partial charge in [0.1, 0.15) is 6.54 Å². The fraction of sp³-hybridized carbons (Fsp3) is 0.588. The summed E-state index contributed by atoms with van der Waals surface area (Å²) in [7, 11) is -3.74. The van der Waals surface area contributed by atoms with Gasteiger partial charge < -0.3 is 5.32 Å². The Morgan fingerprint density at radius 1 is 1.15 bits per heavy atom. The van der Waals surface area contributed by atoms with Gasteiger partial charge in [-0.05, 0) is 24.5 Å². The van der Waals surface area contributed by atoms with Crippen LogP contribution in [0.3, 0.4) is 0 Å². The molecule has 1 N–H and O–H groups in total. The van der Waals surface area contributed by atoms with Crippen molar-refractivity contribution < 1.29 is 13.2 Å². The van der Waals surface area contributed by atoms with Crippen molar-refractivity contribution in [3.8, 4) is 0 Å². The molecular formula is C17H25Cl3N2O3S. The van der Waals surface area contributed by atoms with Gasteiger partial charge >= 0.3 is 0 Å². The molecule has 1 rings (SSSR count). The number of rotatable bonds is 10. The second-order valence-electron chi connectivity index (χ2n) is 6.21. The zero-order valence-electron chi connectivity index (χ0n) is 15.2. The van der Waals surface area contributed by atoms with E-state index < -0.39 is 15.9 Å². The molecule has 148 valence electrons. The Labute approximate surface area is 171 Å². The van der Waals surface area contributed by atoms with Crippen LogP contribution in [0.5, 0.6) is 0 Å². The average Bonchev–Trinajstić information content (AvgIpc) is 2.55. The summed E-state index contributed by atoms with van der Waals surface area (Å²) >= 11 is 18.0. The lowest BCUT2D eigenvalue weighted by Crippen LogP contribution is -2.41. The summed E-state index contributed by atoms with van der Waals surface area (Å²) in [5, 5.41) is 3.28. The van der Waals surface area contributed by atoms with Crippen molar-refractivity contribution in [1.29, 1.82) is 0 Å². The van der Waals surface area contributed by atoms with Crippen LogP contribution < -0.4 is 9.62 Å². The second-order valence-corrected chi connectivity index (χ2v) is 9.34. The Morgan fingerprint density at radius 2 is 1.77 bits per heavy atom. The van der Waals surface area contributed by atoms with E-state index in [1.165, 1.54) is 12.1 Å². The molecule has 0 fully saturated rings. The van der Waals surface area contributed by atoms with Gasteiger partial charge in [-0.15, -0.1) is 0 Å². The van der Waals surface area contributed by atoms with Crippen LogP contribution in [0.25, 0.3) is 0 Å². The minimum absolute atomic E-state index is 0.104. The van der Waals surface area contributed by atoms with E-state index >= 15 is 0 Å². The van der Waals surface area contributed by atoms with Crippen molar-refractivity contribution in [3.63, 3.8) is 0 Å². The van der Waals surface area contributed by atoms with E-state index in [9.17, 15) is 13.2 Å². The number of amides is 1. The molecule has 1 amide bonds. The third-order valence-corrected chi connectivity index (χ3v) is 6.23. The molecule has 9 heteroatoms. The smallest absolute Gasteiger partial charge is 0.240 e. The summed E-state index contributed by atoms with van der Waals surface area (Å²) in [5.74, 6) is -0.0216. The standard InChI is InChI=1S/C17H25Cl3N2O3S/c1-4-6-7-12(5-2)10-21-17(23)11-22(26(3,24)25)16-9-14(19)13(18)8-15(16)20/h8-9,12H,4-7,10-11H2,1-3H3,(H,21,23)/t12-/m1/s1. The van der Waals surface area contributed by atoms with Gasteiger partial charge in [-0.3, -0.25) is 9.10 Å². The van der Waals surface area contributed by atoms with Crippen LogP contribution in [-0.2, 0) is 14.8 Å². The van der Waals surface area contributed by atoms with Crippen LogP contribution in [0.1, 0.15) is 39.5 Å². The third-order valence-electron chi connectivity index (χ3n) is 4.08. The van der Waals surface area contributed by atoms with Gasteiger partial charge in [-0.1, -0.05) is 67.9 Å². The van der Waals surface area contributed by atoms with Crippen molar-refractivity contribution in [2.75, 3.05) is 23.7 Å². The predicted octanol–water partition coefficient (Wildman–Crippen LogP) is 4.75. The van der Waals surface area contributed by atoms with Gasteiger partial charge in [0, 0.05) is 6.54 Å². The van der Waals surface area contributed by atoms with Gasteiger partial charge in [-0.25, -0.2) is 8.42 Å². The van der Waals surface area contributed by atoms with E-state index in [1.54, 1.807) is 0 Å². The molecule has 0 spiro atoms. The Balaban J connectivity index is 2.90. The molecule has 1 aromatic carbocycles. The van der Waals surface area contributed by atoms with Crippen molar-refractivity contribution in [1.82, 2.24) is 5.32 Å². The molecule has 0 aliphatic heterocycles. The maximum atomic E-state index is 12.3. The molecule has 5 nitrogen and oxygen atoms in total. The molecule has 26 heavy (non-hydrogen) atoms. The molecule has 0 unspecified atom stereocenters. The minimum Gasteiger partial charge on any atom is -0.354 e. The lowest BCUT2D eigenvalue weighted by molar-refractivity contribution is -0.119. The van der Waals surface area contributed by atoms with Crippen LogP contribution in [0, 0.1) is 5.92 Å². The number of nitrogens with zero attached hydrogens (tertiary/aromatic N) is 1. The maximum Gasteiger partial charge on any atom is 0.240 e. The lowest BCUT2D eigenvalue weighted by atomic mass is 9.99. The van der Waals surface area contributed by atoms with Crippen LogP contribution in [0.15, 0.2) is 12.1 Å². The number of hydrogen-bond donors (Lipinski definition) is 1. The van der Waals surface area contributed by atoms with E-state index in [-0.39, 0.29) is 27.3 Å². The quantitative estimate of drug-likeness (QED) is 0.531. The summed E-state index contributed by atoms with van der Waals surface area (Å²) in [6, 6.07) is 2.70. The first-order valence-electron chi connectivity index (χ1n) is 8.49. The first-order valence-corrected chi connectivity index (χ1v) is 11.5. The molecule has 0 heterocycles. The predicted molar refractivity (Wildman–Crippen MR) is 110 cm³/mol. The molecule has 0 saturated carbocycles.